The van der Waals surface area contributed by atoms with Gasteiger partial charge in [0, 0.05) is 17.8 Å². The Morgan fingerprint density at radius 2 is 0.600 bits per heavy atom. The van der Waals surface area contributed by atoms with E-state index in [4.69, 9.17) is 0 Å². The molecule has 0 aromatic rings. The third-order valence-corrected chi connectivity index (χ3v) is 7.38. The van der Waals surface area contributed by atoms with Crippen molar-refractivity contribution in [3.8, 4) is 0 Å². The Bertz CT molecular complexity index is 317. The minimum Gasteiger partial charge on any atom is -0.247 e. The molecule has 1 aliphatic rings. The summed E-state index contributed by atoms with van der Waals surface area (Å²) in [5.74, 6) is -1.75. The van der Waals surface area contributed by atoms with Crippen molar-refractivity contribution in [1.82, 2.24) is 0 Å². The topological polar surface area (TPSA) is 0 Å². The maximum absolute atomic E-state index is 15.3. The molecule has 0 aromatic carbocycles. The second-order valence-electron chi connectivity index (χ2n) is 9.93. The second-order valence-corrected chi connectivity index (χ2v) is 9.93. The molecule has 0 saturated heterocycles. The van der Waals surface area contributed by atoms with E-state index in [-0.39, 0.29) is 0 Å². The maximum atomic E-state index is 15.3. The van der Waals surface area contributed by atoms with Crippen molar-refractivity contribution in [2.24, 2.45) is 17.8 Å². The Balaban J connectivity index is 2.66. The largest absolute Gasteiger partial charge is 0.247 e. The summed E-state index contributed by atoms with van der Waals surface area (Å²) in [6, 6.07) is 0. The molecule has 0 unspecified atom stereocenters. The van der Waals surface area contributed by atoms with Gasteiger partial charge in [0.2, 0.25) is 0 Å². The van der Waals surface area contributed by atoms with Gasteiger partial charge in [-0.3, -0.25) is 0 Å². The van der Waals surface area contributed by atoms with Crippen molar-refractivity contribution in [2.45, 2.75) is 155 Å². The van der Waals surface area contributed by atoms with Crippen LogP contribution in [0.4, 0.5) is 13.2 Å². The zero-order chi connectivity index (χ0) is 22.2. The van der Waals surface area contributed by atoms with Gasteiger partial charge in [-0.2, -0.15) is 0 Å². The van der Waals surface area contributed by atoms with Gasteiger partial charge in [-0.25, -0.2) is 13.2 Å². The van der Waals surface area contributed by atoms with Crippen molar-refractivity contribution >= 4 is 0 Å². The lowest BCUT2D eigenvalue weighted by Crippen LogP contribution is -2.50. The first-order valence-corrected chi connectivity index (χ1v) is 13.5. The highest BCUT2D eigenvalue weighted by Gasteiger charge is 2.50. The van der Waals surface area contributed by atoms with Gasteiger partial charge in [-0.05, 0) is 19.3 Å². The summed E-state index contributed by atoms with van der Waals surface area (Å²) in [6.45, 7) is 6.52. The zero-order valence-corrected chi connectivity index (χ0v) is 20.3. The summed E-state index contributed by atoms with van der Waals surface area (Å²) in [7, 11) is 0. The molecule has 0 bridgehead atoms. The first kappa shape index (κ1) is 27.8. The van der Waals surface area contributed by atoms with Gasteiger partial charge < -0.3 is 0 Å². The fourth-order valence-corrected chi connectivity index (χ4v) is 5.39. The van der Waals surface area contributed by atoms with E-state index in [1.165, 1.54) is 38.5 Å². The maximum Gasteiger partial charge on any atom is 0.111 e. The van der Waals surface area contributed by atoms with Gasteiger partial charge in [0.15, 0.2) is 0 Å². The van der Waals surface area contributed by atoms with Crippen LogP contribution < -0.4 is 0 Å². The van der Waals surface area contributed by atoms with E-state index in [1.54, 1.807) is 0 Å². The molecule has 0 nitrogen and oxygen atoms in total. The fourth-order valence-electron chi connectivity index (χ4n) is 5.39. The summed E-state index contributed by atoms with van der Waals surface area (Å²) >= 11 is 0. The van der Waals surface area contributed by atoms with E-state index in [9.17, 15) is 0 Å². The van der Waals surface area contributed by atoms with E-state index in [2.05, 4.69) is 20.8 Å². The van der Waals surface area contributed by atoms with Crippen LogP contribution in [0.3, 0.4) is 0 Å². The van der Waals surface area contributed by atoms with Gasteiger partial charge in [0.25, 0.3) is 0 Å². The lowest BCUT2D eigenvalue weighted by atomic mass is 9.67. The smallest absolute Gasteiger partial charge is 0.111 e. The van der Waals surface area contributed by atoms with Gasteiger partial charge in [0.1, 0.15) is 18.5 Å². The first-order chi connectivity index (χ1) is 14.6. The van der Waals surface area contributed by atoms with Gasteiger partial charge in [-0.1, -0.05) is 117 Å². The van der Waals surface area contributed by atoms with E-state index >= 15 is 13.2 Å². The number of rotatable bonds is 18. The monoisotopic (exact) mass is 432 g/mol. The molecule has 0 aliphatic heterocycles. The average Bonchev–Trinajstić information content (AvgIpc) is 2.74. The van der Waals surface area contributed by atoms with E-state index in [0.29, 0.717) is 19.3 Å². The number of hydrogen-bond donors (Lipinski definition) is 0. The Labute approximate surface area is 186 Å². The number of alkyl halides is 3. The normalized spacial score (nSPS) is 29.4. The SMILES string of the molecule is CCCCCCCC1C(F)C(CCCCCCC)C(F)C(CCCCCCC)C1F. The summed E-state index contributed by atoms with van der Waals surface area (Å²) in [5.41, 5.74) is 0. The summed E-state index contributed by atoms with van der Waals surface area (Å²) in [4.78, 5) is 0. The first-order valence-electron chi connectivity index (χ1n) is 13.5. The summed E-state index contributed by atoms with van der Waals surface area (Å²) < 4.78 is 46.0. The molecule has 180 valence electrons. The molecule has 1 aliphatic carbocycles. The van der Waals surface area contributed by atoms with Crippen LogP contribution in [-0.4, -0.2) is 18.5 Å². The Morgan fingerprint density at radius 1 is 0.367 bits per heavy atom. The predicted molar refractivity (Wildman–Crippen MR) is 125 cm³/mol. The number of unbranched alkanes of at least 4 members (excludes halogenated alkanes) is 12. The fraction of sp³-hybridized carbons (Fsp3) is 1.00. The minimum absolute atomic E-state index is 0.583. The zero-order valence-electron chi connectivity index (χ0n) is 20.3. The van der Waals surface area contributed by atoms with Crippen LogP contribution in [0.25, 0.3) is 0 Å². The molecule has 0 spiro atoms. The van der Waals surface area contributed by atoms with Crippen LogP contribution in [-0.2, 0) is 0 Å². The molecule has 0 amide bonds. The van der Waals surface area contributed by atoms with Crippen molar-refractivity contribution in [3.63, 3.8) is 0 Å². The third kappa shape index (κ3) is 9.94. The molecule has 0 N–H and O–H groups in total. The minimum atomic E-state index is -1.30. The molecule has 1 rings (SSSR count). The Morgan fingerprint density at radius 3 is 0.833 bits per heavy atom. The summed E-state index contributed by atoms with van der Waals surface area (Å²) in [5, 5.41) is 0. The van der Waals surface area contributed by atoms with Crippen molar-refractivity contribution in [3.05, 3.63) is 0 Å². The predicted octanol–water partition coefficient (Wildman–Crippen LogP) is 9.94. The molecule has 3 heteroatoms. The Hall–Kier alpha value is -0.210. The molecule has 0 heterocycles. The molecule has 1 fully saturated rings. The van der Waals surface area contributed by atoms with Gasteiger partial charge in [0.05, 0.1) is 0 Å². The lowest BCUT2D eigenvalue weighted by Gasteiger charge is -2.43. The van der Waals surface area contributed by atoms with Crippen molar-refractivity contribution in [2.75, 3.05) is 0 Å². The molecule has 1 saturated carbocycles. The van der Waals surface area contributed by atoms with Crippen LogP contribution in [0.5, 0.6) is 0 Å². The second kappa shape index (κ2) is 17.4. The lowest BCUT2D eigenvalue weighted by molar-refractivity contribution is -0.0760. The third-order valence-electron chi connectivity index (χ3n) is 7.38. The van der Waals surface area contributed by atoms with Crippen LogP contribution in [0.1, 0.15) is 136 Å². The highest BCUT2D eigenvalue weighted by molar-refractivity contribution is 4.98. The van der Waals surface area contributed by atoms with E-state index in [1.807, 2.05) is 0 Å². The van der Waals surface area contributed by atoms with Crippen LogP contribution >= 0.6 is 0 Å². The van der Waals surface area contributed by atoms with Crippen LogP contribution in [0, 0.1) is 17.8 Å². The van der Waals surface area contributed by atoms with E-state index < -0.39 is 36.3 Å². The highest BCUT2D eigenvalue weighted by atomic mass is 19.2. The van der Waals surface area contributed by atoms with Crippen LogP contribution in [0.15, 0.2) is 0 Å². The standard InChI is InChI=1S/C27H51F3/c1-4-7-10-13-16-19-22-25(28)23(20-17-14-11-8-5-2)27(30)24(26(22)29)21-18-15-12-9-6-3/h22-27H,4-21H2,1-3H3. The molecule has 0 aromatic heterocycles. The summed E-state index contributed by atoms with van der Waals surface area (Å²) in [6.07, 6.45) is 14.2. The van der Waals surface area contributed by atoms with Crippen molar-refractivity contribution < 1.29 is 13.2 Å². The highest BCUT2D eigenvalue weighted by Crippen LogP contribution is 2.45. The van der Waals surface area contributed by atoms with E-state index in [0.717, 1.165) is 57.8 Å². The van der Waals surface area contributed by atoms with Crippen LogP contribution in [0.2, 0.25) is 0 Å². The van der Waals surface area contributed by atoms with Crippen molar-refractivity contribution in [1.29, 1.82) is 0 Å². The molecule has 0 radical (unpaired) electrons. The number of hydrogen-bond acceptors (Lipinski definition) is 0. The molecule has 0 atom stereocenters. The molecule has 30 heavy (non-hydrogen) atoms. The van der Waals surface area contributed by atoms with Gasteiger partial charge >= 0.3 is 0 Å². The number of halogens is 3. The average molecular weight is 433 g/mol. The molecular formula is C27H51F3. The molecular weight excluding hydrogens is 381 g/mol. The Kier molecular flexibility index (Phi) is 16.1. The quantitative estimate of drug-likeness (QED) is 0.189. The van der Waals surface area contributed by atoms with Gasteiger partial charge in [-0.15, -0.1) is 0 Å².